The molecule has 0 saturated heterocycles. The second-order valence-electron chi connectivity index (χ2n) is 8.66. The molecule has 0 fully saturated rings. The number of aromatic nitrogens is 4. The van der Waals surface area contributed by atoms with E-state index in [0.29, 0.717) is 11.2 Å². The topological polar surface area (TPSA) is 65.1 Å². The van der Waals surface area contributed by atoms with Crippen LogP contribution in [0.1, 0.15) is 38.3 Å². The second kappa shape index (κ2) is 6.36. The fraction of sp³-hybridized carbons (Fsp3) is 0.476. The van der Waals surface area contributed by atoms with E-state index in [2.05, 4.69) is 54.9 Å². The van der Waals surface area contributed by atoms with Crippen molar-refractivity contribution in [1.29, 1.82) is 0 Å². The van der Waals surface area contributed by atoms with E-state index in [1.807, 2.05) is 4.57 Å². The molecule has 28 heavy (non-hydrogen) atoms. The Kier molecular flexibility index (Phi) is 4.21. The molecule has 4 rings (SSSR count). The number of imidazole rings is 1. The van der Waals surface area contributed by atoms with Crippen LogP contribution in [0.3, 0.4) is 0 Å². The van der Waals surface area contributed by atoms with Crippen LogP contribution >= 0.6 is 0 Å². The van der Waals surface area contributed by atoms with Crippen molar-refractivity contribution in [3.63, 3.8) is 0 Å². The first-order chi connectivity index (χ1) is 13.2. The van der Waals surface area contributed by atoms with Gasteiger partial charge in [0, 0.05) is 33.7 Å². The first kappa shape index (κ1) is 18.5. The summed E-state index contributed by atoms with van der Waals surface area (Å²) >= 11 is 0. The highest BCUT2D eigenvalue weighted by Gasteiger charge is 2.25. The van der Waals surface area contributed by atoms with Crippen LogP contribution in [0.15, 0.2) is 33.9 Å². The Labute approximate surface area is 163 Å². The van der Waals surface area contributed by atoms with Gasteiger partial charge in [-0.3, -0.25) is 13.9 Å². The predicted octanol–water partition coefficient (Wildman–Crippen LogP) is 2.14. The first-order valence-electron chi connectivity index (χ1n) is 9.69. The molecule has 0 spiro atoms. The monoisotopic (exact) mass is 381 g/mol. The third-order valence-corrected chi connectivity index (χ3v) is 5.61. The number of benzene rings is 1. The number of nitrogens with zero attached hydrogens (tertiary/aromatic N) is 5. The van der Waals surface area contributed by atoms with Crippen LogP contribution in [-0.4, -0.2) is 25.2 Å². The predicted molar refractivity (Wildman–Crippen MR) is 111 cm³/mol. The van der Waals surface area contributed by atoms with E-state index in [4.69, 9.17) is 0 Å². The molecule has 7 nitrogen and oxygen atoms in total. The molecule has 0 radical (unpaired) electrons. The largest absolute Gasteiger partial charge is 0.338 e. The Morgan fingerprint density at radius 2 is 1.68 bits per heavy atom. The number of anilines is 1. The maximum Gasteiger partial charge on any atom is 0.332 e. The lowest BCUT2D eigenvalue weighted by atomic mass is 9.87. The van der Waals surface area contributed by atoms with E-state index < -0.39 is 0 Å². The zero-order valence-corrected chi connectivity index (χ0v) is 17.2. The van der Waals surface area contributed by atoms with Crippen molar-refractivity contribution < 1.29 is 0 Å². The molecule has 1 aromatic carbocycles. The Bertz CT molecular complexity index is 1160. The summed E-state index contributed by atoms with van der Waals surface area (Å²) < 4.78 is 4.57. The molecule has 1 aliphatic rings. The molecular weight excluding hydrogens is 354 g/mol. The van der Waals surface area contributed by atoms with Gasteiger partial charge >= 0.3 is 5.69 Å². The Morgan fingerprint density at radius 1 is 1.00 bits per heavy atom. The molecule has 0 bridgehead atoms. The SMILES string of the molecule is Cn1c(=O)c2c(nc3n2CCCN3Cc2ccc(C(C)(C)C)cc2)n(C)c1=O. The van der Waals surface area contributed by atoms with Crippen LogP contribution in [0.25, 0.3) is 11.2 Å². The fourth-order valence-electron chi connectivity index (χ4n) is 3.89. The molecule has 3 heterocycles. The third-order valence-electron chi connectivity index (χ3n) is 5.61. The lowest BCUT2D eigenvalue weighted by molar-refractivity contribution is 0.561. The van der Waals surface area contributed by atoms with E-state index in [1.54, 1.807) is 7.05 Å². The number of rotatable bonds is 2. The van der Waals surface area contributed by atoms with Crippen LogP contribution in [0, 0.1) is 0 Å². The van der Waals surface area contributed by atoms with Gasteiger partial charge in [-0.15, -0.1) is 0 Å². The second-order valence-corrected chi connectivity index (χ2v) is 8.66. The molecule has 0 amide bonds. The lowest BCUT2D eigenvalue weighted by Crippen LogP contribution is -2.38. The molecule has 148 valence electrons. The van der Waals surface area contributed by atoms with Gasteiger partial charge in [0.2, 0.25) is 5.95 Å². The molecule has 0 unspecified atom stereocenters. The van der Waals surface area contributed by atoms with Crippen molar-refractivity contribution >= 4 is 17.1 Å². The van der Waals surface area contributed by atoms with Gasteiger partial charge in [-0.2, -0.15) is 4.98 Å². The smallest absolute Gasteiger partial charge is 0.332 e. The van der Waals surface area contributed by atoms with Crippen molar-refractivity contribution in [1.82, 2.24) is 18.7 Å². The standard InChI is InChI=1S/C21H27N5O2/c1-21(2,3)15-9-7-14(8-10-15)13-25-11-6-12-26-16-17(22-19(25)26)23(4)20(28)24(5)18(16)27/h7-10H,6,11-13H2,1-5H3. The molecule has 7 heteroatoms. The minimum Gasteiger partial charge on any atom is -0.338 e. The summed E-state index contributed by atoms with van der Waals surface area (Å²) in [4.78, 5) is 31.8. The van der Waals surface area contributed by atoms with Crippen molar-refractivity contribution in [3.8, 4) is 0 Å². The van der Waals surface area contributed by atoms with Gasteiger partial charge in [0.15, 0.2) is 11.2 Å². The van der Waals surface area contributed by atoms with Gasteiger partial charge in [0.1, 0.15) is 0 Å². The summed E-state index contributed by atoms with van der Waals surface area (Å²) in [5.41, 5.74) is 2.97. The summed E-state index contributed by atoms with van der Waals surface area (Å²) in [6.45, 7) is 8.96. The molecule has 3 aromatic rings. The number of hydrogen-bond acceptors (Lipinski definition) is 4. The quantitative estimate of drug-likeness (QED) is 0.682. The van der Waals surface area contributed by atoms with E-state index in [9.17, 15) is 9.59 Å². The first-order valence-corrected chi connectivity index (χ1v) is 9.69. The van der Waals surface area contributed by atoms with Gasteiger partial charge in [0.05, 0.1) is 0 Å². The molecule has 2 aromatic heterocycles. The van der Waals surface area contributed by atoms with Crippen LogP contribution in [-0.2, 0) is 32.6 Å². The summed E-state index contributed by atoms with van der Waals surface area (Å²) in [7, 11) is 3.18. The Balaban J connectivity index is 1.75. The highest BCUT2D eigenvalue weighted by molar-refractivity contribution is 5.74. The number of hydrogen-bond donors (Lipinski definition) is 0. The summed E-state index contributed by atoms with van der Waals surface area (Å²) in [6, 6.07) is 8.69. The summed E-state index contributed by atoms with van der Waals surface area (Å²) in [5, 5.41) is 0. The zero-order chi connectivity index (χ0) is 20.2. The summed E-state index contributed by atoms with van der Waals surface area (Å²) in [6.07, 6.45) is 0.935. The molecule has 0 N–H and O–H groups in total. The Hall–Kier alpha value is -2.83. The lowest BCUT2D eigenvalue weighted by Gasteiger charge is -2.29. The number of aryl methyl sites for hydroxylation is 2. The molecule has 1 aliphatic heterocycles. The zero-order valence-electron chi connectivity index (χ0n) is 17.2. The number of fused-ring (bicyclic) bond motifs is 3. The van der Waals surface area contributed by atoms with Crippen molar-refractivity contribution in [2.24, 2.45) is 14.1 Å². The van der Waals surface area contributed by atoms with Crippen LogP contribution < -0.4 is 16.1 Å². The van der Waals surface area contributed by atoms with E-state index in [0.717, 1.165) is 36.6 Å². The van der Waals surface area contributed by atoms with Gasteiger partial charge < -0.3 is 9.47 Å². The average Bonchev–Trinajstić information content (AvgIpc) is 3.05. The molecular formula is C21H27N5O2. The van der Waals surface area contributed by atoms with Gasteiger partial charge in [-0.1, -0.05) is 45.0 Å². The fourth-order valence-corrected chi connectivity index (χ4v) is 3.89. The van der Waals surface area contributed by atoms with Gasteiger partial charge in [0.25, 0.3) is 5.56 Å². The minimum atomic E-state index is -0.350. The van der Waals surface area contributed by atoms with Crippen LogP contribution in [0.5, 0.6) is 0 Å². The maximum absolute atomic E-state index is 12.7. The van der Waals surface area contributed by atoms with Crippen molar-refractivity contribution in [2.75, 3.05) is 11.4 Å². The maximum atomic E-state index is 12.7. The van der Waals surface area contributed by atoms with E-state index in [-0.39, 0.29) is 16.7 Å². The van der Waals surface area contributed by atoms with Crippen LogP contribution in [0.4, 0.5) is 5.95 Å². The molecule has 0 atom stereocenters. The Morgan fingerprint density at radius 3 is 2.32 bits per heavy atom. The summed E-state index contributed by atoms with van der Waals surface area (Å²) in [5.74, 6) is 0.763. The average molecular weight is 381 g/mol. The third kappa shape index (κ3) is 2.85. The van der Waals surface area contributed by atoms with E-state index in [1.165, 1.54) is 22.7 Å². The van der Waals surface area contributed by atoms with Crippen LogP contribution in [0.2, 0.25) is 0 Å². The normalized spacial score (nSPS) is 14.5. The van der Waals surface area contributed by atoms with E-state index >= 15 is 0 Å². The minimum absolute atomic E-state index is 0.127. The molecule has 0 saturated carbocycles. The highest BCUT2D eigenvalue weighted by Crippen LogP contribution is 2.27. The highest BCUT2D eigenvalue weighted by atomic mass is 16.2. The van der Waals surface area contributed by atoms with Crippen molar-refractivity contribution in [3.05, 3.63) is 56.2 Å². The molecule has 0 aliphatic carbocycles. The van der Waals surface area contributed by atoms with Crippen molar-refractivity contribution in [2.45, 2.75) is 45.7 Å². The van der Waals surface area contributed by atoms with Gasteiger partial charge in [-0.25, -0.2) is 4.79 Å². The van der Waals surface area contributed by atoms with Gasteiger partial charge in [-0.05, 0) is 23.0 Å².